The molecule has 0 spiro atoms. The summed E-state index contributed by atoms with van der Waals surface area (Å²) in [6.07, 6.45) is 4.14. The highest BCUT2D eigenvalue weighted by Crippen LogP contribution is 2.24. The number of benzene rings is 1. The van der Waals surface area contributed by atoms with E-state index < -0.39 is 0 Å². The number of halogens is 1. The van der Waals surface area contributed by atoms with E-state index in [1.807, 2.05) is 30.5 Å². The minimum absolute atomic E-state index is 0.723. The molecule has 24 heavy (non-hydrogen) atoms. The van der Waals surface area contributed by atoms with Crippen LogP contribution >= 0.6 is 11.6 Å². The molecule has 1 heterocycles. The third kappa shape index (κ3) is 5.93. The van der Waals surface area contributed by atoms with Gasteiger partial charge in [0.15, 0.2) is 0 Å². The SMILES string of the molecule is CCN(CC)CCCNCCCNc1ccnc2cc(Cl)ccc12. The van der Waals surface area contributed by atoms with E-state index in [-0.39, 0.29) is 0 Å². The number of nitrogens with zero attached hydrogens (tertiary/aromatic N) is 2. The number of pyridine rings is 1. The summed E-state index contributed by atoms with van der Waals surface area (Å²) in [5.74, 6) is 0. The van der Waals surface area contributed by atoms with Crippen molar-refractivity contribution < 1.29 is 0 Å². The maximum absolute atomic E-state index is 6.02. The Hall–Kier alpha value is -1.36. The molecule has 0 aliphatic heterocycles. The van der Waals surface area contributed by atoms with Gasteiger partial charge in [0.05, 0.1) is 5.52 Å². The number of rotatable bonds is 11. The fraction of sp³-hybridized carbons (Fsp3) is 0.526. The molecule has 2 N–H and O–H groups in total. The molecule has 0 saturated heterocycles. The zero-order chi connectivity index (χ0) is 17.2. The van der Waals surface area contributed by atoms with Crippen molar-refractivity contribution >= 4 is 28.2 Å². The zero-order valence-electron chi connectivity index (χ0n) is 14.8. The molecule has 0 radical (unpaired) electrons. The zero-order valence-corrected chi connectivity index (χ0v) is 15.6. The molecule has 0 saturated carbocycles. The molecule has 1 aromatic heterocycles. The first-order valence-electron chi connectivity index (χ1n) is 8.95. The molecule has 0 aliphatic carbocycles. The van der Waals surface area contributed by atoms with E-state index >= 15 is 0 Å². The molecule has 0 amide bonds. The summed E-state index contributed by atoms with van der Waals surface area (Å²) in [5, 5.41) is 8.87. The second kappa shape index (κ2) is 10.5. The highest BCUT2D eigenvalue weighted by atomic mass is 35.5. The largest absolute Gasteiger partial charge is 0.384 e. The second-order valence-corrected chi connectivity index (χ2v) is 6.37. The van der Waals surface area contributed by atoms with Gasteiger partial charge in [-0.3, -0.25) is 4.98 Å². The molecule has 0 aliphatic rings. The maximum atomic E-state index is 6.02. The van der Waals surface area contributed by atoms with E-state index in [1.54, 1.807) is 0 Å². The molecule has 2 aromatic rings. The number of hydrogen-bond donors (Lipinski definition) is 2. The van der Waals surface area contributed by atoms with Crippen molar-refractivity contribution in [1.82, 2.24) is 15.2 Å². The van der Waals surface area contributed by atoms with Gasteiger partial charge in [0, 0.05) is 28.8 Å². The Morgan fingerprint density at radius 2 is 1.83 bits per heavy atom. The minimum atomic E-state index is 0.723. The number of hydrogen-bond acceptors (Lipinski definition) is 4. The summed E-state index contributed by atoms with van der Waals surface area (Å²) in [6, 6.07) is 7.86. The average molecular weight is 349 g/mol. The van der Waals surface area contributed by atoms with Gasteiger partial charge >= 0.3 is 0 Å². The summed E-state index contributed by atoms with van der Waals surface area (Å²) in [7, 11) is 0. The third-order valence-electron chi connectivity index (χ3n) is 4.27. The summed E-state index contributed by atoms with van der Waals surface area (Å²) in [4.78, 5) is 6.83. The molecule has 5 heteroatoms. The molecule has 1 aromatic carbocycles. The van der Waals surface area contributed by atoms with Crippen LogP contribution in [0.5, 0.6) is 0 Å². The lowest BCUT2D eigenvalue weighted by atomic mass is 10.2. The average Bonchev–Trinajstić information content (AvgIpc) is 2.60. The van der Waals surface area contributed by atoms with Gasteiger partial charge in [0.2, 0.25) is 0 Å². The molecule has 132 valence electrons. The topological polar surface area (TPSA) is 40.2 Å². The van der Waals surface area contributed by atoms with Crippen LogP contribution in [-0.4, -0.2) is 49.2 Å². The number of fused-ring (bicyclic) bond motifs is 1. The predicted octanol–water partition coefficient (Wildman–Crippen LogP) is 4.01. The Balaban J connectivity index is 1.65. The molecular formula is C19H29ClN4. The van der Waals surface area contributed by atoms with Crippen LogP contribution in [0.1, 0.15) is 26.7 Å². The highest BCUT2D eigenvalue weighted by Gasteiger charge is 2.02. The summed E-state index contributed by atoms with van der Waals surface area (Å²) < 4.78 is 0. The monoisotopic (exact) mass is 348 g/mol. The summed E-state index contributed by atoms with van der Waals surface area (Å²) in [5.41, 5.74) is 2.06. The van der Waals surface area contributed by atoms with Gasteiger partial charge in [-0.15, -0.1) is 0 Å². The van der Waals surface area contributed by atoms with Crippen molar-refractivity contribution in [3.63, 3.8) is 0 Å². The van der Waals surface area contributed by atoms with Crippen molar-refractivity contribution in [3.05, 3.63) is 35.5 Å². The number of nitrogens with one attached hydrogen (secondary N) is 2. The second-order valence-electron chi connectivity index (χ2n) is 5.93. The standard InChI is InChI=1S/C19H29ClN4/c1-3-24(4-2)14-6-11-21-10-5-12-22-18-9-13-23-19-15-16(20)7-8-17(18)19/h7-9,13,15,21H,3-6,10-12,14H2,1-2H3,(H,22,23). The van der Waals surface area contributed by atoms with Gasteiger partial charge in [-0.1, -0.05) is 25.4 Å². The minimum Gasteiger partial charge on any atom is -0.384 e. The molecular weight excluding hydrogens is 320 g/mol. The molecule has 0 bridgehead atoms. The van der Waals surface area contributed by atoms with Crippen LogP contribution in [0.2, 0.25) is 5.02 Å². The van der Waals surface area contributed by atoms with Crippen LogP contribution in [0.15, 0.2) is 30.5 Å². The Bertz CT molecular complexity index is 613. The first-order valence-corrected chi connectivity index (χ1v) is 9.33. The molecule has 0 atom stereocenters. The Morgan fingerprint density at radius 1 is 1.04 bits per heavy atom. The normalized spacial score (nSPS) is 11.3. The van der Waals surface area contributed by atoms with Crippen LogP contribution in [0.3, 0.4) is 0 Å². The Labute approximate surface area is 150 Å². The first kappa shape index (κ1) is 19.0. The van der Waals surface area contributed by atoms with Crippen molar-refractivity contribution in [3.8, 4) is 0 Å². The lowest BCUT2D eigenvalue weighted by Gasteiger charge is -2.17. The van der Waals surface area contributed by atoms with Crippen molar-refractivity contribution in [2.24, 2.45) is 0 Å². The van der Waals surface area contributed by atoms with Crippen molar-refractivity contribution in [2.75, 3.05) is 44.6 Å². The van der Waals surface area contributed by atoms with Crippen LogP contribution in [0, 0.1) is 0 Å². The van der Waals surface area contributed by atoms with Gasteiger partial charge in [0.1, 0.15) is 0 Å². The first-order chi connectivity index (χ1) is 11.7. The van der Waals surface area contributed by atoms with E-state index in [2.05, 4.69) is 34.4 Å². The van der Waals surface area contributed by atoms with Crippen LogP contribution in [0.4, 0.5) is 5.69 Å². The van der Waals surface area contributed by atoms with Gasteiger partial charge < -0.3 is 15.5 Å². The lowest BCUT2D eigenvalue weighted by Crippen LogP contribution is -2.27. The Morgan fingerprint density at radius 3 is 2.62 bits per heavy atom. The van der Waals surface area contributed by atoms with Gasteiger partial charge in [-0.25, -0.2) is 0 Å². The van der Waals surface area contributed by atoms with Crippen molar-refractivity contribution in [2.45, 2.75) is 26.7 Å². The molecule has 0 fully saturated rings. The fourth-order valence-electron chi connectivity index (χ4n) is 2.80. The molecule has 0 unspecified atom stereocenters. The van der Waals surface area contributed by atoms with Crippen LogP contribution in [0.25, 0.3) is 10.9 Å². The summed E-state index contributed by atoms with van der Waals surface area (Å²) in [6.45, 7) is 11.0. The fourth-order valence-corrected chi connectivity index (χ4v) is 2.97. The highest BCUT2D eigenvalue weighted by molar-refractivity contribution is 6.31. The third-order valence-corrected chi connectivity index (χ3v) is 4.51. The van der Waals surface area contributed by atoms with E-state index in [1.165, 1.54) is 13.0 Å². The summed E-state index contributed by atoms with van der Waals surface area (Å²) >= 11 is 6.02. The molecule has 4 nitrogen and oxygen atoms in total. The maximum Gasteiger partial charge on any atom is 0.0737 e. The quantitative estimate of drug-likeness (QED) is 0.602. The number of anilines is 1. The Kier molecular flexibility index (Phi) is 8.29. The number of aromatic nitrogens is 1. The van der Waals surface area contributed by atoms with E-state index in [0.29, 0.717) is 0 Å². The van der Waals surface area contributed by atoms with E-state index in [0.717, 1.165) is 60.8 Å². The van der Waals surface area contributed by atoms with Crippen molar-refractivity contribution in [1.29, 1.82) is 0 Å². The van der Waals surface area contributed by atoms with E-state index in [9.17, 15) is 0 Å². The molecule has 2 rings (SSSR count). The van der Waals surface area contributed by atoms with E-state index in [4.69, 9.17) is 11.6 Å². The lowest BCUT2D eigenvalue weighted by molar-refractivity contribution is 0.298. The van der Waals surface area contributed by atoms with Gasteiger partial charge in [0.25, 0.3) is 0 Å². The smallest absolute Gasteiger partial charge is 0.0737 e. The van der Waals surface area contributed by atoms with Crippen LogP contribution in [-0.2, 0) is 0 Å². The van der Waals surface area contributed by atoms with Crippen LogP contribution < -0.4 is 10.6 Å². The predicted molar refractivity (Wildman–Crippen MR) is 105 cm³/mol. The van der Waals surface area contributed by atoms with Gasteiger partial charge in [-0.2, -0.15) is 0 Å². The van der Waals surface area contributed by atoms with Gasteiger partial charge in [-0.05, 0) is 69.8 Å².